The minimum absolute atomic E-state index is 0.139. The summed E-state index contributed by atoms with van der Waals surface area (Å²) in [4.78, 5) is 17.7. The average molecular weight is 390 g/mol. The number of rotatable bonds is 4. The number of nitrogens with zero attached hydrogens (tertiary/aromatic N) is 3. The summed E-state index contributed by atoms with van der Waals surface area (Å²) in [7, 11) is 0. The summed E-state index contributed by atoms with van der Waals surface area (Å²) in [5.74, 6) is 1.40. The maximum Gasteiger partial charge on any atom is 0.235 e. The van der Waals surface area contributed by atoms with Crippen LogP contribution < -0.4 is 5.32 Å². The van der Waals surface area contributed by atoms with Gasteiger partial charge >= 0.3 is 0 Å². The first kappa shape index (κ1) is 18.9. The molecule has 2 aromatic heterocycles. The second-order valence-corrected chi connectivity index (χ2v) is 9.71. The van der Waals surface area contributed by atoms with Crippen molar-refractivity contribution in [1.82, 2.24) is 15.2 Å². The molecule has 3 rings (SSSR count). The van der Waals surface area contributed by atoms with Gasteiger partial charge in [0.25, 0.3) is 0 Å². The summed E-state index contributed by atoms with van der Waals surface area (Å²) in [5.41, 5.74) is 2.03. The molecule has 0 aromatic carbocycles. The van der Waals surface area contributed by atoms with Gasteiger partial charge in [-0.25, -0.2) is 4.98 Å². The number of amides is 1. The molecule has 138 valence electrons. The Balaban J connectivity index is 1.70. The van der Waals surface area contributed by atoms with E-state index >= 15 is 0 Å². The summed E-state index contributed by atoms with van der Waals surface area (Å²) >= 11 is 2.84. The number of thiophene rings is 1. The molecule has 1 aliphatic carbocycles. The first-order valence-electron chi connectivity index (χ1n) is 8.64. The molecule has 26 heavy (non-hydrogen) atoms. The van der Waals surface area contributed by atoms with E-state index in [1.165, 1.54) is 16.6 Å². The molecule has 0 saturated heterocycles. The first-order chi connectivity index (χ1) is 12.3. The molecule has 0 radical (unpaired) electrons. The minimum atomic E-state index is -0.139. The van der Waals surface area contributed by atoms with Gasteiger partial charge in [0.1, 0.15) is 16.9 Å². The highest BCUT2D eigenvalue weighted by atomic mass is 32.2. The molecule has 1 atom stereocenters. The van der Waals surface area contributed by atoms with Gasteiger partial charge in [0.15, 0.2) is 0 Å². The fourth-order valence-corrected chi connectivity index (χ4v) is 5.15. The number of anilines is 1. The van der Waals surface area contributed by atoms with Crippen molar-refractivity contribution in [3.63, 3.8) is 0 Å². The molecule has 1 unspecified atom stereocenters. The van der Waals surface area contributed by atoms with Crippen LogP contribution in [0.25, 0.3) is 0 Å². The maximum atomic E-state index is 12.3. The zero-order valence-corrected chi connectivity index (χ0v) is 17.1. The number of nitrogens with one attached hydrogen (secondary N) is 2. The third kappa shape index (κ3) is 4.10. The van der Waals surface area contributed by atoms with Crippen molar-refractivity contribution in [2.45, 2.75) is 52.1 Å². The summed E-state index contributed by atoms with van der Waals surface area (Å²) in [6.45, 7) is 8.63. The van der Waals surface area contributed by atoms with Crippen LogP contribution in [-0.2, 0) is 17.6 Å². The Morgan fingerprint density at radius 3 is 2.88 bits per heavy atom. The van der Waals surface area contributed by atoms with E-state index in [9.17, 15) is 10.1 Å². The van der Waals surface area contributed by atoms with Crippen molar-refractivity contribution in [2.24, 2.45) is 11.3 Å². The summed E-state index contributed by atoms with van der Waals surface area (Å²) in [5, 5.41) is 20.5. The Morgan fingerprint density at radius 2 is 2.27 bits per heavy atom. The first-order valence-corrected chi connectivity index (χ1v) is 10.4. The van der Waals surface area contributed by atoms with Crippen LogP contribution >= 0.6 is 23.1 Å². The number of carbonyl (C=O) groups is 1. The summed E-state index contributed by atoms with van der Waals surface area (Å²) < 4.78 is 0. The third-order valence-corrected chi connectivity index (χ3v) is 6.78. The minimum Gasteiger partial charge on any atom is -0.316 e. The van der Waals surface area contributed by atoms with Crippen LogP contribution in [0.5, 0.6) is 0 Å². The zero-order chi connectivity index (χ0) is 18.9. The highest BCUT2D eigenvalue weighted by Crippen LogP contribution is 2.44. The molecule has 8 heteroatoms. The van der Waals surface area contributed by atoms with Crippen molar-refractivity contribution >= 4 is 34.0 Å². The lowest BCUT2D eigenvalue weighted by molar-refractivity contribution is -0.113. The van der Waals surface area contributed by atoms with E-state index in [0.29, 0.717) is 21.6 Å². The van der Waals surface area contributed by atoms with Crippen LogP contribution in [0.2, 0.25) is 0 Å². The Morgan fingerprint density at radius 1 is 1.50 bits per heavy atom. The quantitative estimate of drug-likeness (QED) is 0.773. The van der Waals surface area contributed by atoms with Crippen molar-refractivity contribution in [3.05, 3.63) is 21.8 Å². The van der Waals surface area contributed by atoms with Gasteiger partial charge in [0.05, 0.1) is 11.3 Å². The van der Waals surface area contributed by atoms with Crippen LogP contribution in [0.4, 0.5) is 5.00 Å². The molecule has 0 aliphatic heterocycles. The maximum absolute atomic E-state index is 12.3. The SMILES string of the molecule is Cc1nc(SCC(=O)Nc2sc3c(c2C#N)CCC(C(C)(C)C)C3)n[nH]1. The molecule has 0 bridgehead atoms. The van der Waals surface area contributed by atoms with Crippen LogP contribution in [0.15, 0.2) is 5.16 Å². The van der Waals surface area contributed by atoms with Gasteiger partial charge < -0.3 is 5.32 Å². The highest BCUT2D eigenvalue weighted by molar-refractivity contribution is 7.99. The molecule has 0 saturated carbocycles. The van der Waals surface area contributed by atoms with Gasteiger partial charge in [-0.15, -0.1) is 16.4 Å². The van der Waals surface area contributed by atoms with E-state index < -0.39 is 0 Å². The third-order valence-electron chi connectivity index (χ3n) is 4.76. The number of carbonyl (C=O) groups excluding carboxylic acids is 1. The van der Waals surface area contributed by atoms with Crippen LogP contribution in [0.1, 0.15) is 49.0 Å². The molecule has 1 amide bonds. The highest BCUT2D eigenvalue weighted by Gasteiger charge is 2.32. The number of thioether (sulfide) groups is 1. The van der Waals surface area contributed by atoms with Gasteiger partial charge in [-0.05, 0) is 43.1 Å². The van der Waals surface area contributed by atoms with E-state index in [0.717, 1.165) is 30.7 Å². The average Bonchev–Trinajstić information content (AvgIpc) is 3.14. The number of aromatic nitrogens is 3. The van der Waals surface area contributed by atoms with Gasteiger partial charge in [-0.1, -0.05) is 32.5 Å². The molecule has 2 N–H and O–H groups in total. The lowest BCUT2D eigenvalue weighted by atomic mass is 9.72. The second-order valence-electron chi connectivity index (χ2n) is 7.67. The van der Waals surface area contributed by atoms with Crippen molar-refractivity contribution in [2.75, 3.05) is 11.1 Å². The summed E-state index contributed by atoms with van der Waals surface area (Å²) in [6.07, 6.45) is 2.99. The number of hydrogen-bond donors (Lipinski definition) is 2. The second kappa shape index (κ2) is 7.41. The topological polar surface area (TPSA) is 94.5 Å². The van der Waals surface area contributed by atoms with E-state index in [1.807, 2.05) is 6.92 Å². The van der Waals surface area contributed by atoms with E-state index in [2.05, 4.69) is 47.3 Å². The van der Waals surface area contributed by atoms with Crippen molar-refractivity contribution in [3.8, 4) is 6.07 Å². The Labute approximate surface area is 161 Å². The smallest absolute Gasteiger partial charge is 0.235 e. The monoisotopic (exact) mass is 389 g/mol. The van der Waals surface area contributed by atoms with Crippen LogP contribution in [0, 0.1) is 29.6 Å². The van der Waals surface area contributed by atoms with Crippen LogP contribution in [-0.4, -0.2) is 26.8 Å². The number of fused-ring (bicyclic) bond motifs is 1. The number of nitriles is 1. The molecular weight excluding hydrogens is 366 g/mol. The molecule has 6 nitrogen and oxygen atoms in total. The number of H-pyrrole nitrogens is 1. The predicted octanol–water partition coefficient (Wildman–Crippen LogP) is 3.93. The largest absolute Gasteiger partial charge is 0.316 e. The predicted molar refractivity (Wildman–Crippen MR) is 104 cm³/mol. The molecule has 0 fully saturated rings. The fraction of sp³-hybridized carbons (Fsp3) is 0.556. The molecule has 2 aromatic rings. The Bertz CT molecular complexity index is 856. The Hall–Kier alpha value is -1.85. The molecule has 0 spiro atoms. The number of hydrogen-bond acceptors (Lipinski definition) is 6. The van der Waals surface area contributed by atoms with Crippen molar-refractivity contribution < 1.29 is 4.79 Å². The van der Waals surface area contributed by atoms with E-state index in [-0.39, 0.29) is 17.1 Å². The molecule has 2 heterocycles. The van der Waals surface area contributed by atoms with Gasteiger partial charge in [-0.3, -0.25) is 9.89 Å². The number of aromatic amines is 1. The van der Waals surface area contributed by atoms with E-state index in [4.69, 9.17) is 0 Å². The Kier molecular flexibility index (Phi) is 5.39. The molecular formula is C18H23N5OS2. The van der Waals surface area contributed by atoms with Gasteiger partial charge in [0, 0.05) is 4.88 Å². The van der Waals surface area contributed by atoms with Crippen molar-refractivity contribution in [1.29, 1.82) is 5.26 Å². The zero-order valence-electron chi connectivity index (χ0n) is 15.5. The number of aryl methyl sites for hydroxylation is 1. The normalized spacial score (nSPS) is 16.8. The van der Waals surface area contributed by atoms with Gasteiger partial charge in [0.2, 0.25) is 11.1 Å². The van der Waals surface area contributed by atoms with Crippen LogP contribution in [0.3, 0.4) is 0 Å². The fourth-order valence-electron chi connectivity index (χ4n) is 3.21. The van der Waals surface area contributed by atoms with Gasteiger partial charge in [-0.2, -0.15) is 5.26 Å². The standard InChI is InChI=1S/C18H23N5OS2/c1-10-20-17(23-22-10)25-9-15(24)21-16-13(8-19)12-6-5-11(18(2,3)4)7-14(12)26-16/h11H,5-7,9H2,1-4H3,(H,21,24)(H,20,22,23). The lowest BCUT2D eigenvalue weighted by Gasteiger charge is -2.33. The van der Waals surface area contributed by atoms with E-state index in [1.54, 1.807) is 11.3 Å². The molecule has 1 aliphatic rings. The summed E-state index contributed by atoms with van der Waals surface area (Å²) in [6, 6.07) is 2.30. The lowest BCUT2D eigenvalue weighted by Crippen LogP contribution is -2.26.